The zero-order chi connectivity index (χ0) is 13.3. The van der Waals surface area contributed by atoms with Crippen molar-refractivity contribution in [3.63, 3.8) is 0 Å². The van der Waals surface area contributed by atoms with E-state index >= 15 is 0 Å². The third-order valence-corrected chi connectivity index (χ3v) is 4.37. The van der Waals surface area contributed by atoms with Crippen LogP contribution >= 0.6 is 0 Å². The predicted octanol–water partition coefficient (Wildman–Crippen LogP) is 1.73. The fraction of sp³-hybridized carbons (Fsp3) is 0.600. The second-order valence-corrected chi connectivity index (χ2v) is 5.56. The topological polar surface area (TPSA) is 41.5 Å². The van der Waals surface area contributed by atoms with Crippen LogP contribution in [0, 0.1) is 5.82 Å². The van der Waals surface area contributed by atoms with Gasteiger partial charge in [0.1, 0.15) is 5.82 Å². The van der Waals surface area contributed by atoms with Crippen molar-refractivity contribution in [3.8, 4) is 0 Å². The molecule has 2 aliphatic rings. The Kier molecular flexibility index (Phi) is 3.56. The van der Waals surface area contributed by atoms with Gasteiger partial charge in [-0.05, 0) is 48.9 Å². The maximum atomic E-state index is 13.2. The van der Waals surface area contributed by atoms with Crippen molar-refractivity contribution in [1.82, 2.24) is 5.32 Å². The molecule has 104 valence electrons. The highest BCUT2D eigenvalue weighted by atomic mass is 19.1. The first kappa shape index (κ1) is 13.0. The lowest BCUT2D eigenvalue weighted by Gasteiger charge is -2.31. The summed E-state index contributed by atoms with van der Waals surface area (Å²) in [6.45, 7) is 1.62. The second kappa shape index (κ2) is 5.19. The number of aliphatic hydroxyl groups is 1. The van der Waals surface area contributed by atoms with E-state index < -0.39 is 5.54 Å². The van der Waals surface area contributed by atoms with E-state index in [1.807, 2.05) is 0 Å². The van der Waals surface area contributed by atoms with Crippen molar-refractivity contribution in [2.75, 3.05) is 19.8 Å². The molecule has 0 radical (unpaired) electrons. The molecule has 4 heteroatoms. The van der Waals surface area contributed by atoms with Gasteiger partial charge in [-0.15, -0.1) is 0 Å². The van der Waals surface area contributed by atoms with Gasteiger partial charge in [0.25, 0.3) is 0 Å². The summed E-state index contributed by atoms with van der Waals surface area (Å²) in [4.78, 5) is 0. The molecule has 1 aliphatic heterocycles. The number of benzene rings is 1. The third kappa shape index (κ3) is 2.40. The maximum absolute atomic E-state index is 13.2. The molecule has 0 spiro atoms. The molecule has 1 aromatic carbocycles. The minimum Gasteiger partial charge on any atom is -0.394 e. The fourth-order valence-electron chi connectivity index (χ4n) is 3.24. The smallest absolute Gasteiger partial charge is 0.123 e. The summed E-state index contributed by atoms with van der Waals surface area (Å²) >= 11 is 0. The summed E-state index contributed by atoms with van der Waals surface area (Å²) in [5.74, 6) is -0.202. The van der Waals surface area contributed by atoms with Crippen molar-refractivity contribution in [2.45, 2.75) is 37.3 Å². The number of halogens is 1. The van der Waals surface area contributed by atoms with Crippen LogP contribution in [0.3, 0.4) is 0 Å². The van der Waals surface area contributed by atoms with Crippen LogP contribution in [-0.4, -0.2) is 31.0 Å². The Morgan fingerprint density at radius 3 is 3.11 bits per heavy atom. The summed E-state index contributed by atoms with van der Waals surface area (Å²) < 4.78 is 18.9. The first-order valence-electron chi connectivity index (χ1n) is 7.00. The van der Waals surface area contributed by atoms with Crippen molar-refractivity contribution < 1.29 is 14.2 Å². The first-order valence-corrected chi connectivity index (χ1v) is 7.00. The molecule has 0 saturated carbocycles. The monoisotopic (exact) mass is 265 g/mol. The molecular formula is C15H20FNO2. The first-order chi connectivity index (χ1) is 9.23. The number of rotatable bonds is 4. The van der Waals surface area contributed by atoms with Gasteiger partial charge in [0.05, 0.1) is 18.2 Å². The quantitative estimate of drug-likeness (QED) is 0.871. The van der Waals surface area contributed by atoms with E-state index in [1.54, 1.807) is 12.1 Å². The van der Waals surface area contributed by atoms with Crippen LogP contribution in [-0.2, 0) is 16.7 Å². The number of fused-ring (bicyclic) bond motifs is 1. The van der Waals surface area contributed by atoms with Crippen LogP contribution in [0.4, 0.5) is 4.39 Å². The normalized spacial score (nSPS) is 29.7. The van der Waals surface area contributed by atoms with E-state index in [-0.39, 0.29) is 18.5 Å². The summed E-state index contributed by atoms with van der Waals surface area (Å²) in [5, 5.41) is 13.3. The number of nitrogens with one attached hydrogen (secondary N) is 1. The van der Waals surface area contributed by atoms with Crippen molar-refractivity contribution in [1.29, 1.82) is 0 Å². The van der Waals surface area contributed by atoms with E-state index in [1.165, 1.54) is 6.07 Å². The van der Waals surface area contributed by atoms with Crippen molar-refractivity contribution in [3.05, 3.63) is 35.1 Å². The molecule has 19 heavy (non-hydrogen) atoms. The fourth-order valence-corrected chi connectivity index (χ4v) is 3.24. The van der Waals surface area contributed by atoms with Crippen LogP contribution in [0.25, 0.3) is 0 Å². The number of ether oxygens (including phenoxy) is 1. The van der Waals surface area contributed by atoms with Gasteiger partial charge in [-0.1, -0.05) is 6.07 Å². The van der Waals surface area contributed by atoms with Gasteiger partial charge in [0.15, 0.2) is 0 Å². The Morgan fingerprint density at radius 1 is 1.47 bits per heavy atom. The highest BCUT2D eigenvalue weighted by molar-refractivity contribution is 5.39. The maximum Gasteiger partial charge on any atom is 0.123 e. The SMILES string of the molecule is OCC1(NCC2CCCO2)CCc2cc(F)ccc21. The van der Waals surface area contributed by atoms with Crippen LogP contribution in [0.5, 0.6) is 0 Å². The van der Waals surface area contributed by atoms with Gasteiger partial charge >= 0.3 is 0 Å². The Balaban J connectivity index is 1.77. The lowest BCUT2D eigenvalue weighted by molar-refractivity contribution is 0.0872. The van der Waals surface area contributed by atoms with Gasteiger partial charge in [0, 0.05) is 13.2 Å². The highest BCUT2D eigenvalue weighted by Gasteiger charge is 2.38. The minimum atomic E-state index is -0.422. The molecular weight excluding hydrogens is 245 g/mol. The molecule has 2 N–H and O–H groups in total. The average molecular weight is 265 g/mol. The number of hydrogen-bond acceptors (Lipinski definition) is 3. The van der Waals surface area contributed by atoms with Crippen LogP contribution in [0.15, 0.2) is 18.2 Å². The van der Waals surface area contributed by atoms with E-state index in [0.717, 1.165) is 50.0 Å². The Morgan fingerprint density at radius 2 is 2.37 bits per heavy atom. The number of hydrogen-bond donors (Lipinski definition) is 2. The van der Waals surface area contributed by atoms with Gasteiger partial charge in [-0.3, -0.25) is 0 Å². The third-order valence-electron chi connectivity index (χ3n) is 4.37. The molecule has 1 aliphatic carbocycles. The predicted molar refractivity (Wildman–Crippen MR) is 70.5 cm³/mol. The average Bonchev–Trinajstić information content (AvgIpc) is 3.04. The molecule has 0 amide bonds. The lowest BCUT2D eigenvalue weighted by Crippen LogP contribution is -2.46. The largest absolute Gasteiger partial charge is 0.394 e. The summed E-state index contributed by atoms with van der Waals surface area (Å²) in [5.41, 5.74) is 1.62. The highest BCUT2D eigenvalue weighted by Crippen LogP contribution is 2.37. The van der Waals surface area contributed by atoms with Gasteiger partial charge in [0.2, 0.25) is 0 Å². The Labute approximate surface area is 112 Å². The van der Waals surface area contributed by atoms with E-state index in [9.17, 15) is 9.50 Å². The van der Waals surface area contributed by atoms with Crippen molar-refractivity contribution >= 4 is 0 Å². The summed E-state index contributed by atoms with van der Waals surface area (Å²) in [7, 11) is 0. The van der Waals surface area contributed by atoms with Crippen LogP contribution in [0.1, 0.15) is 30.4 Å². The number of aliphatic hydroxyl groups excluding tert-OH is 1. The Bertz CT molecular complexity index is 459. The molecule has 1 aromatic rings. The summed E-state index contributed by atoms with van der Waals surface area (Å²) in [6, 6.07) is 4.86. The molecule has 2 atom stereocenters. The molecule has 2 unspecified atom stereocenters. The minimum absolute atomic E-state index is 0.0400. The van der Waals surface area contributed by atoms with Crippen molar-refractivity contribution in [2.24, 2.45) is 0 Å². The van der Waals surface area contributed by atoms with Gasteiger partial charge in [-0.2, -0.15) is 0 Å². The van der Waals surface area contributed by atoms with E-state index in [0.29, 0.717) is 0 Å². The van der Waals surface area contributed by atoms with Gasteiger partial charge < -0.3 is 15.2 Å². The second-order valence-electron chi connectivity index (χ2n) is 5.56. The lowest BCUT2D eigenvalue weighted by atomic mass is 9.92. The van der Waals surface area contributed by atoms with E-state index in [2.05, 4.69) is 5.32 Å². The van der Waals surface area contributed by atoms with Gasteiger partial charge in [-0.25, -0.2) is 4.39 Å². The molecule has 1 fully saturated rings. The standard InChI is InChI=1S/C15H20FNO2/c16-12-3-4-14-11(8-12)5-6-15(14,10-18)17-9-13-2-1-7-19-13/h3-4,8,13,17-18H,1-2,5-7,9-10H2. The summed E-state index contributed by atoms with van der Waals surface area (Å²) in [6.07, 6.45) is 4.06. The molecule has 3 rings (SSSR count). The molecule has 0 bridgehead atoms. The molecule has 1 saturated heterocycles. The molecule has 3 nitrogen and oxygen atoms in total. The van der Waals surface area contributed by atoms with E-state index in [4.69, 9.17) is 4.74 Å². The zero-order valence-electron chi connectivity index (χ0n) is 11.0. The van der Waals surface area contributed by atoms with Crippen LogP contribution < -0.4 is 5.32 Å². The number of aryl methyl sites for hydroxylation is 1. The molecule has 0 aromatic heterocycles. The van der Waals surface area contributed by atoms with Crippen LogP contribution in [0.2, 0.25) is 0 Å². The zero-order valence-corrected chi connectivity index (χ0v) is 11.0. The molecule has 1 heterocycles. The Hall–Kier alpha value is -0.970.